The summed E-state index contributed by atoms with van der Waals surface area (Å²) in [7, 11) is 1.32. The maximum atomic E-state index is 12.8. The molecule has 1 saturated heterocycles. The molecular weight excluding hydrogens is 420 g/mol. The van der Waals surface area contributed by atoms with Crippen LogP contribution in [0.25, 0.3) is 10.4 Å². The summed E-state index contributed by atoms with van der Waals surface area (Å²) in [4.78, 5) is 27.6. The molecule has 1 aliphatic carbocycles. The number of phenols is 1. The van der Waals surface area contributed by atoms with Crippen LogP contribution in [0.1, 0.15) is 33.0 Å². The van der Waals surface area contributed by atoms with E-state index in [4.69, 9.17) is 30.2 Å². The second-order valence-electron chi connectivity index (χ2n) is 7.99. The summed E-state index contributed by atoms with van der Waals surface area (Å²) in [5.41, 5.74) is 16.2. The summed E-state index contributed by atoms with van der Waals surface area (Å²) in [6.07, 6.45) is 0.381. The number of azide groups is 1. The topological polar surface area (TPSA) is 166 Å². The van der Waals surface area contributed by atoms with Crippen molar-refractivity contribution in [1.82, 2.24) is 0 Å². The summed E-state index contributed by atoms with van der Waals surface area (Å²) in [5, 5.41) is 13.5. The summed E-state index contributed by atoms with van der Waals surface area (Å²) in [6, 6.07) is 6.54. The van der Waals surface area contributed by atoms with Gasteiger partial charge in [0.2, 0.25) is 6.79 Å². The molecule has 32 heavy (non-hydrogen) atoms. The fourth-order valence-corrected chi connectivity index (χ4v) is 4.82. The number of aromatic hydroxyl groups is 1. The van der Waals surface area contributed by atoms with Crippen molar-refractivity contribution in [1.29, 1.82) is 0 Å². The molecule has 0 spiro atoms. The van der Waals surface area contributed by atoms with E-state index in [0.29, 0.717) is 23.5 Å². The van der Waals surface area contributed by atoms with Gasteiger partial charge in [0, 0.05) is 10.8 Å². The van der Waals surface area contributed by atoms with Crippen molar-refractivity contribution >= 4 is 11.9 Å². The Labute approximate surface area is 181 Å². The van der Waals surface area contributed by atoms with Crippen LogP contribution in [0.4, 0.5) is 0 Å². The fraction of sp³-hybridized carbons (Fsp3) is 0.333. The van der Waals surface area contributed by atoms with Crippen LogP contribution in [0.2, 0.25) is 0 Å². The molecule has 0 saturated carbocycles. The van der Waals surface area contributed by atoms with Crippen LogP contribution in [0.3, 0.4) is 0 Å². The molecule has 5 rings (SSSR count). The monoisotopic (exact) mass is 438 g/mol. The van der Waals surface area contributed by atoms with Gasteiger partial charge in [-0.3, -0.25) is 9.59 Å². The molecule has 0 bridgehead atoms. The van der Waals surface area contributed by atoms with Gasteiger partial charge in [-0.25, -0.2) is 0 Å². The predicted molar refractivity (Wildman–Crippen MR) is 108 cm³/mol. The first-order valence-electron chi connectivity index (χ1n) is 9.74. The highest BCUT2D eigenvalue weighted by atomic mass is 16.7. The standard InChI is InChI=1S/C21H18N4O7/c1-29-15-3-9(2-12(18(15)26)19(27)24-25-23)16-11-5-14-13(31-8-32-14)4-10(11)6-21(22)7-30-20(28)17(16)21/h2-5,16-17,26H,6-8,22H2,1H3. The molecule has 0 aromatic heterocycles. The number of hydrogen-bond donors (Lipinski definition) is 2. The Morgan fingerprint density at radius 1 is 1.28 bits per heavy atom. The summed E-state index contributed by atoms with van der Waals surface area (Å²) >= 11 is 0. The number of carbonyl (C=O) groups excluding carboxylic acids is 2. The SMILES string of the molecule is COc1cc(C2c3cc4c(cc3CC3(N)COC(=O)C23)OCO4)cc(C(=O)N=[N+]=[N-])c1O. The molecule has 2 heterocycles. The predicted octanol–water partition coefficient (Wildman–Crippen LogP) is 2.14. The van der Waals surface area contributed by atoms with E-state index in [2.05, 4.69) is 10.0 Å². The zero-order chi connectivity index (χ0) is 22.6. The third-order valence-electron chi connectivity index (χ3n) is 6.22. The average molecular weight is 438 g/mol. The van der Waals surface area contributed by atoms with Gasteiger partial charge in [-0.05, 0) is 58.0 Å². The Morgan fingerprint density at radius 3 is 2.75 bits per heavy atom. The molecule has 1 fully saturated rings. The van der Waals surface area contributed by atoms with Crippen molar-refractivity contribution in [2.75, 3.05) is 20.5 Å². The first-order valence-corrected chi connectivity index (χ1v) is 9.74. The second-order valence-corrected chi connectivity index (χ2v) is 7.99. The number of rotatable bonds is 3. The lowest BCUT2D eigenvalue weighted by Crippen LogP contribution is -2.54. The van der Waals surface area contributed by atoms with Crippen LogP contribution in [0.15, 0.2) is 29.4 Å². The van der Waals surface area contributed by atoms with E-state index in [1.165, 1.54) is 19.2 Å². The molecule has 3 aliphatic rings. The molecule has 2 aromatic rings. The number of nitrogens with zero attached hydrogens (tertiary/aromatic N) is 3. The Balaban J connectivity index is 1.76. The van der Waals surface area contributed by atoms with Crippen LogP contribution < -0.4 is 19.9 Å². The number of fused-ring (bicyclic) bond motifs is 3. The third kappa shape index (κ3) is 2.83. The van der Waals surface area contributed by atoms with Gasteiger partial charge in [0.05, 0.1) is 24.1 Å². The van der Waals surface area contributed by atoms with Gasteiger partial charge in [0.25, 0.3) is 5.91 Å². The van der Waals surface area contributed by atoms with Crippen LogP contribution in [-0.4, -0.2) is 43.0 Å². The van der Waals surface area contributed by atoms with Gasteiger partial charge in [0.1, 0.15) is 6.61 Å². The minimum atomic E-state index is -0.986. The fourth-order valence-electron chi connectivity index (χ4n) is 4.82. The minimum Gasteiger partial charge on any atom is -0.504 e. The lowest BCUT2D eigenvalue weighted by molar-refractivity contribution is -0.141. The number of nitrogens with two attached hydrogens (primary N) is 1. The second kappa shape index (κ2) is 7.04. The van der Waals surface area contributed by atoms with E-state index >= 15 is 0 Å². The molecule has 11 heteroatoms. The molecule has 0 radical (unpaired) electrons. The average Bonchev–Trinajstić information content (AvgIpc) is 3.34. The van der Waals surface area contributed by atoms with Gasteiger partial charge in [-0.2, -0.15) is 0 Å². The van der Waals surface area contributed by atoms with Crippen molar-refractivity contribution in [2.24, 2.45) is 16.8 Å². The third-order valence-corrected chi connectivity index (χ3v) is 6.22. The molecule has 3 atom stereocenters. The highest BCUT2D eigenvalue weighted by Crippen LogP contribution is 2.52. The number of hydrogen-bond acceptors (Lipinski definition) is 8. The number of esters is 1. The van der Waals surface area contributed by atoms with E-state index in [0.717, 1.165) is 11.1 Å². The van der Waals surface area contributed by atoms with Crippen molar-refractivity contribution < 1.29 is 33.6 Å². The summed E-state index contributed by atoms with van der Waals surface area (Å²) in [6.45, 7) is 0.126. The Bertz CT molecular complexity index is 1220. The molecule has 2 aliphatic heterocycles. The normalized spacial score (nSPS) is 24.8. The van der Waals surface area contributed by atoms with E-state index in [1.54, 1.807) is 6.07 Å². The zero-order valence-corrected chi connectivity index (χ0v) is 16.9. The molecule has 3 unspecified atom stereocenters. The lowest BCUT2D eigenvalue weighted by atomic mass is 9.64. The molecule has 164 valence electrons. The minimum absolute atomic E-state index is 0.0131. The number of cyclic esters (lactones) is 1. The van der Waals surface area contributed by atoms with Gasteiger partial charge >= 0.3 is 5.97 Å². The lowest BCUT2D eigenvalue weighted by Gasteiger charge is -2.40. The molecule has 2 aromatic carbocycles. The maximum Gasteiger partial charge on any atom is 0.311 e. The number of benzene rings is 2. The molecule has 1 amide bonds. The zero-order valence-electron chi connectivity index (χ0n) is 16.9. The largest absolute Gasteiger partial charge is 0.504 e. The highest BCUT2D eigenvalue weighted by Gasteiger charge is 2.56. The molecule has 3 N–H and O–H groups in total. The van der Waals surface area contributed by atoms with Crippen molar-refractivity contribution in [3.05, 3.63) is 57.0 Å². The van der Waals surface area contributed by atoms with Gasteiger partial charge in [-0.1, -0.05) is 0 Å². The van der Waals surface area contributed by atoms with Crippen LogP contribution in [0, 0.1) is 5.92 Å². The molecule has 11 nitrogen and oxygen atoms in total. The van der Waals surface area contributed by atoms with E-state index in [9.17, 15) is 14.7 Å². The van der Waals surface area contributed by atoms with Crippen LogP contribution >= 0.6 is 0 Å². The van der Waals surface area contributed by atoms with Crippen molar-refractivity contribution in [2.45, 2.75) is 17.9 Å². The Hall–Kier alpha value is -3.95. The molecular formula is C21H18N4O7. The van der Waals surface area contributed by atoms with E-state index in [-0.39, 0.29) is 24.7 Å². The van der Waals surface area contributed by atoms with Gasteiger partial charge in [0.15, 0.2) is 23.0 Å². The van der Waals surface area contributed by atoms with Gasteiger partial charge in [-0.15, -0.1) is 0 Å². The van der Waals surface area contributed by atoms with Crippen LogP contribution in [0.5, 0.6) is 23.0 Å². The highest BCUT2D eigenvalue weighted by molar-refractivity contribution is 5.98. The number of ether oxygens (including phenoxy) is 4. The van der Waals surface area contributed by atoms with Crippen LogP contribution in [-0.2, 0) is 16.0 Å². The maximum absolute atomic E-state index is 12.8. The van der Waals surface area contributed by atoms with E-state index < -0.39 is 35.0 Å². The first kappa shape index (κ1) is 20.0. The quantitative estimate of drug-likeness (QED) is 0.318. The number of phenolic OH excluding ortho intramolecular Hbond substituents is 1. The number of amides is 1. The van der Waals surface area contributed by atoms with Gasteiger partial charge < -0.3 is 29.8 Å². The summed E-state index contributed by atoms with van der Waals surface area (Å²) < 4.78 is 21.6. The van der Waals surface area contributed by atoms with Crippen molar-refractivity contribution in [3.63, 3.8) is 0 Å². The number of methoxy groups -OCH3 is 1. The Morgan fingerprint density at radius 2 is 2.03 bits per heavy atom. The number of carbonyl (C=O) groups is 2. The van der Waals surface area contributed by atoms with Crippen molar-refractivity contribution in [3.8, 4) is 23.0 Å². The van der Waals surface area contributed by atoms with E-state index in [1.807, 2.05) is 6.07 Å². The first-order chi connectivity index (χ1) is 15.4. The summed E-state index contributed by atoms with van der Waals surface area (Å²) in [5.74, 6) is -2.22. The smallest absolute Gasteiger partial charge is 0.311 e. The Kier molecular flexibility index (Phi) is 4.40.